The molecule has 0 aliphatic carbocycles. The molecule has 0 bridgehead atoms. The summed E-state index contributed by atoms with van der Waals surface area (Å²) < 4.78 is 10.3. The molecular formula is C18H15N3O3. The molecular weight excluding hydrogens is 306 g/mol. The van der Waals surface area contributed by atoms with Gasteiger partial charge in [-0.15, -0.1) is 0 Å². The molecule has 0 radical (unpaired) electrons. The Morgan fingerprint density at radius 3 is 2.83 bits per heavy atom. The largest absolute Gasteiger partial charge is 0.461 e. The summed E-state index contributed by atoms with van der Waals surface area (Å²) in [6.07, 6.45) is 2.16. The van der Waals surface area contributed by atoms with Crippen molar-refractivity contribution in [1.82, 2.24) is 15.5 Å². The molecule has 0 atom stereocenters. The Labute approximate surface area is 138 Å². The van der Waals surface area contributed by atoms with Crippen LogP contribution >= 0.6 is 0 Å². The number of hydrogen-bond donors (Lipinski definition) is 1. The predicted molar refractivity (Wildman–Crippen MR) is 86.7 cm³/mol. The second-order valence-corrected chi connectivity index (χ2v) is 4.93. The van der Waals surface area contributed by atoms with Crippen LogP contribution in [0.3, 0.4) is 0 Å². The molecule has 6 heteroatoms. The van der Waals surface area contributed by atoms with E-state index in [1.54, 1.807) is 12.1 Å². The van der Waals surface area contributed by atoms with Gasteiger partial charge in [-0.05, 0) is 24.3 Å². The lowest BCUT2D eigenvalue weighted by atomic mass is 10.2. The fraction of sp³-hybridized carbons (Fsp3) is 0.167. The lowest BCUT2D eigenvalue weighted by Gasteiger charge is -1.98. The van der Waals surface area contributed by atoms with Gasteiger partial charge in [0.05, 0.1) is 12.8 Å². The molecule has 1 amide bonds. The second-order valence-electron chi connectivity index (χ2n) is 4.93. The van der Waals surface area contributed by atoms with Gasteiger partial charge < -0.3 is 14.3 Å². The average molecular weight is 321 g/mol. The van der Waals surface area contributed by atoms with Gasteiger partial charge in [0.1, 0.15) is 0 Å². The summed E-state index contributed by atoms with van der Waals surface area (Å²) in [7, 11) is 0. The van der Waals surface area contributed by atoms with Crippen LogP contribution in [0.2, 0.25) is 0 Å². The molecule has 1 N–H and O–H groups in total. The molecule has 2 aromatic heterocycles. The van der Waals surface area contributed by atoms with E-state index < -0.39 is 0 Å². The monoisotopic (exact) mass is 321 g/mol. The van der Waals surface area contributed by atoms with Crippen molar-refractivity contribution in [2.45, 2.75) is 12.8 Å². The van der Waals surface area contributed by atoms with Crippen molar-refractivity contribution in [2.24, 2.45) is 0 Å². The molecule has 24 heavy (non-hydrogen) atoms. The van der Waals surface area contributed by atoms with Crippen molar-refractivity contribution < 1.29 is 13.7 Å². The predicted octanol–water partition coefficient (Wildman–Crippen LogP) is 2.43. The van der Waals surface area contributed by atoms with Gasteiger partial charge in [-0.2, -0.15) is 4.98 Å². The van der Waals surface area contributed by atoms with E-state index in [0.717, 1.165) is 5.56 Å². The minimum absolute atomic E-state index is 0.116. The topological polar surface area (TPSA) is 81.2 Å². The Kier molecular flexibility index (Phi) is 5.05. The summed E-state index contributed by atoms with van der Waals surface area (Å²) in [5.74, 6) is 7.08. The summed E-state index contributed by atoms with van der Waals surface area (Å²) >= 11 is 0. The van der Waals surface area contributed by atoms with Crippen LogP contribution in [0.5, 0.6) is 0 Å². The molecule has 0 aliphatic rings. The van der Waals surface area contributed by atoms with Gasteiger partial charge in [0, 0.05) is 18.4 Å². The number of furan rings is 1. The van der Waals surface area contributed by atoms with Crippen LogP contribution in [0.25, 0.3) is 11.6 Å². The lowest BCUT2D eigenvalue weighted by molar-refractivity contribution is -0.120. The molecule has 0 unspecified atom stereocenters. The number of aryl methyl sites for hydroxylation is 1. The number of benzene rings is 1. The number of nitrogens with one attached hydrogen (secondary N) is 1. The first-order chi connectivity index (χ1) is 11.8. The molecule has 6 nitrogen and oxygen atoms in total. The van der Waals surface area contributed by atoms with Gasteiger partial charge in [-0.25, -0.2) is 0 Å². The van der Waals surface area contributed by atoms with Crippen LogP contribution < -0.4 is 5.32 Å². The Bertz CT molecular complexity index is 843. The van der Waals surface area contributed by atoms with Gasteiger partial charge in [-0.1, -0.05) is 35.2 Å². The third kappa shape index (κ3) is 4.34. The first kappa shape index (κ1) is 15.6. The Morgan fingerprint density at radius 2 is 2.04 bits per heavy atom. The fourth-order valence-electron chi connectivity index (χ4n) is 1.98. The van der Waals surface area contributed by atoms with E-state index in [0.29, 0.717) is 30.4 Å². The molecule has 3 aromatic rings. The third-order valence-corrected chi connectivity index (χ3v) is 3.16. The maximum atomic E-state index is 11.8. The number of hydrogen-bond acceptors (Lipinski definition) is 5. The van der Waals surface area contributed by atoms with Gasteiger partial charge in [0.25, 0.3) is 0 Å². The van der Waals surface area contributed by atoms with Crippen LogP contribution in [0.15, 0.2) is 57.7 Å². The smallest absolute Gasteiger partial charge is 0.238 e. The maximum Gasteiger partial charge on any atom is 0.238 e. The van der Waals surface area contributed by atoms with Crippen LogP contribution in [0.4, 0.5) is 0 Å². The minimum Gasteiger partial charge on any atom is -0.461 e. The van der Waals surface area contributed by atoms with E-state index in [-0.39, 0.29) is 12.3 Å². The summed E-state index contributed by atoms with van der Waals surface area (Å²) in [6.45, 7) is 0.301. The average Bonchev–Trinajstić information content (AvgIpc) is 3.29. The highest BCUT2D eigenvalue weighted by Crippen LogP contribution is 2.16. The van der Waals surface area contributed by atoms with Gasteiger partial charge in [0.15, 0.2) is 5.76 Å². The van der Waals surface area contributed by atoms with Crippen molar-refractivity contribution in [3.63, 3.8) is 0 Å². The highest BCUT2D eigenvalue weighted by atomic mass is 16.5. The van der Waals surface area contributed by atoms with Crippen LogP contribution in [-0.4, -0.2) is 22.6 Å². The Morgan fingerprint density at radius 1 is 1.17 bits per heavy atom. The number of carbonyl (C=O) groups excluding carboxylic acids is 1. The maximum absolute atomic E-state index is 11.8. The standard InChI is InChI=1S/C18H15N3O3/c22-16(19-12-4-8-14-6-2-1-3-7-14)10-11-17-20-18(21-24-17)15-9-5-13-23-15/h1-3,5-7,9,13H,10-12H2,(H,19,22). The van der Waals surface area contributed by atoms with Crippen LogP contribution in [0, 0.1) is 11.8 Å². The molecule has 0 aliphatic heterocycles. The number of aromatic nitrogens is 2. The van der Waals surface area contributed by atoms with Crippen molar-refractivity contribution >= 4 is 5.91 Å². The van der Waals surface area contributed by atoms with E-state index >= 15 is 0 Å². The molecule has 2 heterocycles. The highest BCUT2D eigenvalue weighted by Gasteiger charge is 2.11. The van der Waals surface area contributed by atoms with Crippen molar-refractivity contribution in [1.29, 1.82) is 0 Å². The fourth-order valence-corrected chi connectivity index (χ4v) is 1.98. The molecule has 0 saturated carbocycles. The zero-order valence-electron chi connectivity index (χ0n) is 12.9. The molecule has 0 fully saturated rings. The Balaban J connectivity index is 1.42. The van der Waals surface area contributed by atoms with E-state index in [2.05, 4.69) is 27.3 Å². The van der Waals surface area contributed by atoms with Gasteiger partial charge in [-0.3, -0.25) is 4.79 Å². The Hall–Kier alpha value is -3.33. The molecule has 0 spiro atoms. The lowest BCUT2D eigenvalue weighted by Crippen LogP contribution is -2.23. The number of rotatable bonds is 5. The van der Waals surface area contributed by atoms with Crippen molar-refractivity contribution in [3.05, 3.63) is 60.2 Å². The van der Waals surface area contributed by atoms with E-state index in [1.807, 2.05) is 30.3 Å². The van der Waals surface area contributed by atoms with Crippen LogP contribution in [-0.2, 0) is 11.2 Å². The number of nitrogens with zero attached hydrogens (tertiary/aromatic N) is 2. The van der Waals surface area contributed by atoms with Gasteiger partial charge in [0.2, 0.25) is 17.6 Å². The second kappa shape index (κ2) is 7.79. The normalized spacial score (nSPS) is 10.0. The molecule has 3 rings (SSSR count). The SMILES string of the molecule is O=C(CCc1nc(-c2ccco2)no1)NCC#Cc1ccccc1. The quantitative estimate of drug-likeness (QED) is 0.730. The highest BCUT2D eigenvalue weighted by molar-refractivity contribution is 5.76. The molecule has 0 saturated heterocycles. The first-order valence-corrected chi connectivity index (χ1v) is 7.48. The molecule has 120 valence electrons. The van der Waals surface area contributed by atoms with E-state index in [9.17, 15) is 4.79 Å². The zero-order valence-corrected chi connectivity index (χ0v) is 12.9. The number of carbonyl (C=O) groups is 1. The minimum atomic E-state index is -0.116. The third-order valence-electron chi connectivity index (χ3n) is 3.16. The summed E-state index contributed by atoms with van der Waals surface area (Å²) in [4.78, 5) is 16.0. The summed E-state index contributed by atoms with van der Waals surface area (Å²) in [5.41, 5.74) is 0.920. The number of amides is 1. The summed E-state index contributed by atoms with van der Waals surface area (Å²) in [6, 6.07) is 13.1. The van der Waals surface area contributed by atoms with Crippen molar-refractivity contribution in [2.75, 3.05) is 6.54 Å². The van der Waals surface area contributed by atoms with Gasteiger partial charge >= 0.3 is 0 Å². The van der Waals surface area contributed by atoms with E-state index in [4.69, 9.17) is 8.94 Å². The zero-order chi connectivity index (χ0) is 16.6. The summed E-state index contributed by atoms with van der Waals surface area (Å²) in [5, 5.41) is 6.55. The van der Waals surface area contributed by atoms with E-state index in [1.165, 1.54) is 6.26 Å². The molecule has 1 aromatic carbocycles. The van der Waals surface area contributed by atoms with Crippen molar-refractivity contribution in [3.8, 4) is 23.4 Å². The first-order valence-electron chi connectivity index (χ1n) is 7.48. The van der Waals surface area contributed by atoms with Crippen LogP contribution in [0.1, 0.15) is 17.9 Å².